The standard InChI is InChI=1S/C16H25ClN4O/c1-4-9-19-15(22)11-20-16(18-5-2)21(3)12-13-7-6-8-14(17)10-13/h6-8,10H,4-5,9,11-12H2,1-3H3,(H,18,20)(H,19,22). The highest BCUT2D eigenvalue weighted by Crippen LogP contribution is 2.12. The van der Waals surface area contributed by atoms with E-state index in [1.165, 1.54) is 0 Å². The molecule has 0 atom stereocenters. The van der Waals surface area contributed by atoms with Crippen molar-refractivity contribution in [2.45, 2.75) is 26.8 Å². The zero-order valence-electron chi connectivity index (χ0n) is 13.5. The first-order chi connectivity index (χ1) is 10.6. The number of carbonyl (C=O) groups is 1. The molecule has 6 heteroatoms. The van der Waals surface area contributed by atoms with Crippen molar-refractivity contribution < 1.29 is 4.79 Å². The number of halogens is 1. The third kappa shape index (κ3) is 6.80. The minimum atomic E-state index is -0.0617. The fourth-order valence-corrected chi connectivity index (χ4v) is 2.13. The lowest BCUT2D eigenvalue weighted by molar-refractivity contribution is -0.119. The number of benzene rings is 1. The van der Waals surface area contributed by atoms with E-state index in [-0.39, 0.29) is 12.5 Å². The molecule has 0 saturated carbocycles. The van der Waals surface area contributed by atoms with Crippen LogP contribution in [0.3, 0.4) is 0 Å². The molecule has 0 unspecified atom stereocenters. The van der Waals surface area contributed by atoms with Gasteiger partial charge in [0.1, 0.15) is 6.54 Å². The number of aliphatic imine (C=N–C) groups is 1. The quantitative estimate of drug-likeness (QED) is 0.597. The predicted octanol–water partition coefficient (Wildman–Crippen LogP) is 2.26. The fourth-order valence-electron chi connectivity index (χ4n) is 1.92. The number of nitrogens with one attached hydrogen (secondary N) is 2. The molecule has 0 saturated heterocycles. The minimum Gasteiger partial charge on any atom is -0.357 e. The van der Waals surface area contributed by atoms with Crippen LogP contribution in [-0.4, -0.2) is 43.4 Å². The van der Waals surface area contributed by atoms with Gasteiger partial charge in [-0.15, -0.1) is 0 Å². The first-order valence-electron chi connectivity index (χ1n) is 7.57. The van der Waals surface area contributed by atoms with Crippen LogP contribution in [0.2, 0.25) is 5.02 Å². The Kier molecular flexibility index (Phi) is 8.36. The maximum absolute atomic E-state index is 11.7. The van der Waals surface area contributed by atoms with Crippen molar-refractivity contribution in [2.75, 3.05) is 26.7 Å². The van der Waals surface area contributed by atoms with Gasteiger partial charge in [0.2, 0.25) is 5.91 Å². The molecule has 0 aromatic heterocycles. The lowest BCUT2D eigenvalue weighted by Gasteiger charge is -2.22. The largest absolute Gasteiger partial charge is 0.357 e. The topological polar surface area (TPSA) is 56.7 Å². The van der Waals surface area contributed by atoms with E-state index in [0.717, 1.165) is 18.5 Å². The number of guanidine groups is 1. The van der Waals surface area contributed by atoms with Gasteiger partial charge in [-0.3, -0.25) is 4.79 Å². The number of hydrogen-bond donors (Lipinski definition) is 2. The van der Waals surface area contributed by atoms with Gasteiger partial charge in [-0.1, -0.05) is 30.7 Å². The zero-order valence-corrected chi connectivity index (χ0v) is 14.3. The van der Waals surface area contributed by atoms with E-state index in [4.69, 9.17) is 11.6 Å². The van der Waals surface area contributed by atoms with E-state index >= 15 is 0 Å². The van der Waals surface area contributed by atoms with Crippen molar-refractivity contribution in [3.63, 3.8) is 0 Å². The van der Waals surface area contributed by atoms with Gasteiger partial charge in [0.15, 0.2) is 5.96 Å². The van der Waals surface area contributed by atoms with Crippen molar-refractivity contribution in [1.82, 2.24) is 15.5 Å². The lowest BCUT2D eigenvalue weighted by atomic mass is 10.2. The van der Waals surface area contributed by atoms with Crippen molar-refractivity contribution in [3.05, 3.63) is 34.9 Å². The number of nitrogens with zero attached hydrogens (tertiary/aromatic N) is 2. The fraction of sp³-hybridized carbons (Fsp3) is 0.500. The molecule has 1 rings (SSSR count). The van der Waals surface area contributed by atoms with Crippen LogP contribution in [0.1, 0.15) is 25.8 Å². The Morgan fingerprint density at radius 2 is 2.09 bits per heavy atom. The van der Waals surface area contributed by atoms with Gasteiger partial charge >= 0.3 is 0 Å². The van der Waals surface area contributed by atoms with E-state index in [1.54, 1.807) is 0 Å². The van der Waals surface area contributed by atoms with Crippen LogP contribution < -0.4 is 10.6 Å². The molecule has 0 aliphatic rings. The Morgan fingerprint density at radius 1 is 1.32 bits per heavy atom. The smallest absolute Gasteiger partial charge is 0.241 e. The molecule has 1 aromatic carbocycles. The molecule has 0 spiro atoms. The number of rotatable bonds is 7. The summed E-state index contributed by atoms with van der Waals surface area (Å²) in [7, 11) is 1.94. The molecule has 1 aromatic rings. The second kappa shape index (κ2) is 10.1. The first-order valence-corrected chi connectivity index (χ1v) is 7.95. The Morgan fingerprint density at radius 3 is 2.73 bits per heavy atom. The van der Waals surface area contributed by atoms with Gasteiger partial charge in [-0.25, -0.2) is 4.99 Å². The van der Waals surface area contributed by atoms with E-state index in [0.29, 0.717) is 24.1 Å². The van der Waals surface area contributed by atoms with E-state index < -0.39 is 0 Å². The Bertz CT molecular complexity index is 505. The third-order valence-electron chi connectivity index (χ3n) is 2.95. The number of carbonyl (C=O) groups excluding carboxylic acids is 1. The van der Waals surface area contributed by atoms with Gasteiger partial charge < -0.3 is 15.5 Å². The van der Waals surface area contributed by atoms with Crippen LogP contribution in [0, 0.1) is 0 Å². The molecular weight excluding hydrogens is 300 g/mol. The Hall–Kier alpha value is -1.75. The summed E-state index contributed by atoms with van der Waals surface area (Å²) in [5, 5.41) is 6.72. The first kappa shape index (κ1) is 18.3. The van der Waals surface area contributed by atoms with Crippen LogP contribution in [0.4, 0.5) is 0 Å². The van der Waals surface area contributed by atoms with Crippen LogP contribution >= 0.6 is 11.6 Å². The van der Waals surface area contributed by atoms with E-state index in [1.807, 2.05) is 50.1 Å². The maximum Gasteiger partial charge on any atom is 0.241 e. The molecular formula is C16H25ClN4O. The predicted molar refractivity (Wildman–Crippen MR) is 92.2 cm³/mol. The zero-order chi connectivity index (χ0) is 16.4. The molecule has 22 heavy (non-hydrogen) atoms. The van der Waals surface area contributed by atoms with Crippen molar-refractivity contribution in [3.8, 4) is 0 Å². The molecule has 0 heterocycles. The molecule has 0 bridgehead atoms. The SMILES string of the molecule is CCCNC(=O)CN=C(NCC)N(C)Cc1cccc(Cl)c1. The number of hydrogen-bond acceptors (Lipinski definition) is 2. The summed E-state index contributed by atoms with van der Waals surface area (Å²) in [5.74, 6) is 0.641. The molecule has 2 N–H and O–H groups in total. The normalized spacial score (nSPS) is 11.2. The highest BCUT2D eigenvalue weighted by Gasteiger charge is 2.08. The Labute approximate surface area is 137 Å². The van der Waals surface area contributed by atoms with Gasteiger partial charge in [0.25, 0.3) is 0 Å². The second-order valence-corrected chi connectivity index (χ2v) is 5.44. The van der Waals surface area contributed by atoms with Crippen LogP contribution in [-0.2, 0) is 11.3 Å². The van der Waals surface area contributed by atoms with Gasteiger partial charge in [-0.05, 0) is 31.0 Å². The van der Waals surface area contributed by atoms with Crippen molar-refractivity contribution in [2.24, 2.45) is 4.99 Å². The molecule has 0 radical (unpaired) electrons. The summed E-state index contributed by atoms with van der Waals surface area (Å²) in [4.78, 5) is 18.0. The summed E-state index contributed by atoms with van der Waals surface area (Å²) >= 11 is 6.00. The summed E-state index contributed by atoms with van der Waals surface area (Å²) in [6, 6.07) is 7.71. The molecule has 0 fully saturated rings. The lowest BCUT2D eigenvalue weighted by Crippen LogP contribution is -2.39. The third-order valence-corrected chi connectivity index (χ3v) is 3.18. The number of amides is 1. The average Bonchev–Trinajstić information content (AvgIpc) is 2.49. The Balaban J connectivity index is 2.66. The van der Waals surface area contributed by atoms with Crippen LogP contribution in [0.25, 0.3) is 0 Å². The van der Waals surface area contributed by atoms with Crippen molar-refractivity contribution in [1.29, 1.82) is 0 Å². The van der Waals surface area contributed by atoms with Gasteiger partial charge in [-0.2, -0.15) is 0 Å². The monoisotopic (exact) mass is 324 g/mol. The summed E-state index contributed by atoms with van der Waals surface area (Å²) < 4.78 is 0. The molecule has 0 aliphatic carbocycles. The second-order valence-electron chi connectivity index (χ2n) is 5.01. The van der Waals surface area contributed by atoms with Crippen molar-refractivity contribution >= 4 is 23.5 Å². The molecule has 0 aliphatic heterocycles. The van der Waals surface area contributed by atoms with Gasteiger partial charge in [0.05, 0.1) is 0 Å². The molecule has 1 amide bonds. The van der Waals surface area contributed by atoms with E-state index in [9.17, 15) is 4.79 Å². The van der Waals surface area contributed by atoms with E-state index in [2.05, 4.69) is 15.6 Å². The maximum atomic E-state index is 11.7. The molecule has 5 nitrogen and oxygen atoms in total. The average molecular weight is 325 g/mol. The summed E-state index contributed by atoms with van der Waals surface area (Å²) in [5.41, 5.74) is 1.09. The van der Waals surface area contributed by atoms with Crippen LogP contribution in [0.5, 0.6) is 0 Å². The highest BCUT2D eigenvalue weighted by molar-refractivity contribution is 6.30. The summed E-state index contributed by atoms with van der Waals surface area (Å²) in [6.45, 7) is 6.25. The van der Waals surface area contributed by atoms with Gasteiger partial charge in [0, 0.05) is 31.7 Å². The molecule has 122 valence electrons. The minimum absolute atomic E-state index is 0.0617. The summed E-state index contributed by atoms with van der Waals surface area (Å²) in [6.07, 6.45) is 0.921. The van der Waals surface area contributed by atoms with Crippen LogP contribution in [0.15, 0.2) is 29.3 Å². The highest BCUT2D eigenvalue weighted by atomic mass is 35.5.